The van der Waals surface area contributed by atoms with Crippen molar-refractivity contribution in [1.82, 2.24) is 4.90 Å². The molecule has 1 fully saturated rings. The van der Waals surface area contributed by atoms with E-state index in [1.54, 1.807) is 0 Å². The number of hydrogen-bond donors (Lipinski definition) is 1. The van der Waals surface area contributed by atoms with Gasteiger partial charge in [0.1, 0.15) is 0 Å². The van der Waals surface area contributed by atoms with E-state index in [2.05, 4.69) is 5.32 Å². The van der Waals surface area contributed by atoms with E-state index in [1.165, 1.54) is 0 Å². The lowest BCUT2D eigenvalue weighted by Gasteiger charge is -2.31. The summed E-state index contributed by atoms with van der Waals surface area (Å²) < 4.78 is 5.41. The van der Waals surface area contributed by atoms with Crippen LogP contribution >= 0.6 is 12.4 Å². The Balaban J connectivity index is 0.00000162. The number of ether oxygens (including phenoxy) is 1. The molecular formula is C13H19ClN2O2. The second-order valence-electron chi connectivity index (χ2n) is 4.24. The Bertz CT molecular complexity index is 373. The molecule has 1 aliphatic heterocycles. The summed E-state index contributed by atoms with van der Waals surface area (Å²) in [6, 6.07) is 9.76. The zero-order valence-corrected chi connectivity index (χ0v) is 11.3. The molecule has 4 nitrogen and oxygen atoms in total. The highest BCUT2D eigenvalue weighted by atomic mass is 35.5. The molecule has 100 valence electrons. The van der Waals surface area contributed by atoms with Gasteiger partial charge in [-0.3, -0.25) is 4.79 Å². The van der Waals surface area contributed by atoms with Crippen LogP contribution in [0, 0.1) is 0 Å². The number of morpholine rings is 1. The quantitative estimate of drug-likeness (QED) is 0.910. The van der Waals surface area contributed by atoms with Crippen LogP contribution in [0.4, 0.5) is 5.69 Å². The molecule has 1 heterocycles. The van der Waals surface area contributed by atoms with Crippen LogP contribution < -0.4 is 5.32 Å². The van der Waals surface area contributed by atoms with Crippen molar-refractivity contribution in [3.63, 3.8) is 0 Å². The molecule has 5 heteroatoms. The molecule has 1 N–H and O–H groups in total. The molecule has 1 aliphatic rings. The van der Waals surface area contributed by atoms with Gasteiger partial charge < -0.3 is 15.0 Å². The number of hydrogen-bond acceptors (Lipinski definition) is 3. The zero-order chi connectivity index (χ0) is 12.1. The topological polar surface area (TPSA) is 41.6 Å². The Morgan fingerprint density at radius 1 is 1.44 bits per heavy atom. The lowest BCUT2D eigenvalue weighted by atomic mass is 10.3. The van der Waals surface area contributed by atoms with Gasteiger partial charge in [0.25, 0.3) is 0 Å². The lowest BCUT2D eigenvalue weighted by molar-refractivity contribution is -0.136. The van der Waals surface area contributed by atoms with E-state index in [-0.39, 0.29) is 24.4 Å². The summed E-state index contributed by atoms with van der Waals surface area (Å²) in [7, 11) is 0. The van der Waals surface area contributed by atoms with E-state index in [0.717, 1.165) is 5.69 Å². The summed E-state index contributed by atoms with van der Waals surface area (Å²) in [6.07, 6.45) is 0.143. The molecule has 0 radical (unpaired) electrons. The van der Waals surface area contributed by atoms with Crippen LogP contribution in [-0.4, -0.2) is 43.2 Å². The van der Waals surface area contributed by atoms with Crippen LogP contribution in [0.2, 0.25) is 0 Å². The van der Waals surface area contributed by atoms with E-state index in [4.69, 9.17) is 4.74 Å². The van der Waals surface area contributed by atoms with Crippen molar-refractivity contribution in [1.29, 1.82) is 0 Å². The van der Waals surface area contributed by atoms with Crippen molar-refractivity contribution in [3.05, 3.63) is 30.3 Å². The minimum atomic E-state index is 0. The molecule has 0 bridgehead atoms. The third kappa shape index (κ3) is 4.20. The predicted octanol–water partition coefficient (Wildman–Crippen LogP) is 1.77. The second kappa shape index (κ2) is 7.24. The molecule has 18 heavy (non-hydrogen) atoms. The number of anilines is 1. The van der Waals surface area contributed by atoms with E-state index in [1.807, 2.05) is 42.2 Å². The van der Waals surface area contributed by atoms with Crippen LogP contribution in [0.15, 0.2) is 30.3 Å². The average Bonchev–Trinajstić information content (AvgIpc) is 2.37. The number of rotatable bonds is 3. The predicted molar refractivity (Wildman–Crippen MR) is 74.2 cm³/mol. The number of nitrogens with zero attached hydrogens (tertiary/aromatic N) is 1. The van der Waals surface area contributed by atoms with E-state index in [0.29, 0.717) is 26.2 Å². The minimum absolute atomic E-state index is 0. The fraction of sp³-hybridized carbons (Fsp3) is 0.462. The van der Waals surface area contributed by atoms with Gasteiger partial charge in [0.15, 0.2) is 0 Å². The normalized spacial score (nSPS) is 18.9. The van der Waals surface area contributed by atoms with Crippen LogP contribution in [0.5, 0.6) is 0 Å². The Labute approximate surface area is 114 Å². The summed E-state index contributed by atoms with van der Waals surface area (Å²) in [5.41, 5.74) is 0.974. The van der Waals surface area contributed by atoms with E-state index in [9.17, 15) is 4.79 Å². The molecule has 1 unspecified atom stereocenters. The van der Waals surface area contributed by atoms with Crippen molar-refractivity contribution in [2.45, 2.75) is 13.0 Å². The molecular weight excluding hydrogens is 252 g/mol. The van der Waals surface area contributed by atoms with Gasteiger partial charge >= 0.3 is 0 Å². The fourth-order valence-corrected chi connectivity index (χ4v) is 1.89. The third-order valence-electron chi connectivity index (χ3n) is 2.81. The first-order valence-corrected chi connectivity index (χ1v) is 5.94. The number of carbonyl (C=O) groups is 1. The first-order chi connectivity index (χ1) is 8.25. The van der Waals surface area contributed by atoms with Gasteiger partial charge in [-0.15, -0.1) is 12.4 Å². The van der Waals surface area contributed by atoms with Gasteiger partial charge in [-0.2, -0.15) is 0 Å². The van der Waals surface area contributed by atoms with Crippen molar-refractivity contribution in [2.75, 3.05) is 31.6 Å². The van der Waals surface area contributed by atoms with Crippen LogP contribution in [0.3, 0.4) is 0 Å². The summed E-state index contributed by atoms with van der Waals surface area (Å²) in [5, 5.41) is 3.12. The minimum Gasteiger partial charge on any atom is -0.376 e. The lowest BCUT2D eigenvalue weighted by Crippen LogP contribution is -2.46. The standard InChI is InChI=1S/C13H18N2O2.ClH/c1-11-10-15(7-8-17-11)13(16)9-14-12-5-3-2-4-6-12;/h2-6,11,14H,7-10H2,1H3;1H. The molecule has 0 aliphatic carbocycles. The van der Waals surface area contributed by atoms with Gasteiger partial charge in [0.2, 0.25) is 5.91 Å². The van der Waals surface area contributed by atoms with Crippen LogP contribution in [-0.2, 0) is 9.53 Å². The summed E-state index contributed by atoms with van der Waals surface area (Å²) >= 11 is 0. The van der Waals surface area contributed by atoms with Gasteiger partial charge in [0, 0.05) is 18.8 Å². The number of amides is 1. The second-order valence-corrected chi connectivity index (χ2v) is 4.24. The van der Waals surface area contributed by atoms with Gasteiger partial charge in [-0.25, -0.2) is 0 Å². The molecule has 0 spiro atoms. The number of para-hydroxylation sites is 1. The number of carbonyl (C=O) groups excluding carboxylic acids is 1. The summed E-state index contributed by atoms with van der Waals surface area (Å²) in [6.45, 7) is 4.36. The molecule has 0 saturated carbocycles. The number of halogens is 1. The van der Waals surface area contributed by atoms with E-state index < -0.39 is 0 Å². The molecule has 1 aromatic rings. The van der Waals surface area contributed by atoms with Crippen molar-refractivity contribution in [2.24, 2.45) is 0 Å². The smallest absolute Gasteiger partial charge is 0.242 e. The highest BCUT2D eigenvalue weighted by Gasteiger charge is 2.20. The zero-order valence-electron chi connectivity index (χ0n) is 10.5. The number of nitrogens with one attached hydrogen (secondary N) is 1. The van der Waals surface area contributed by atoms with Crippen molar-refractivity contribution in [3.8, 4) is 0 Å². The maximum Gasteiger partial charge on any atom is 0.242 e. The Morgan fingerprint density at radius 3 is 2.83 bits per heavy atom. The molecule has 1 aromatic carbocycles. The third-order valence-corrected chi connectivity index (χ3v) is 2.81. The first-order valence-electron chi connectivity index (χ1n) is 5.94. The van der Waals surface area contributed by atoms with Crippen molar-refractivity contribution < 1.29 is 9.53 Å². The summed E-state index contributed by atoms with van der Waals surface area (Å²) in [5.74, 6) is 0.129. The molecule has 1 amide bonds. The Hall–Kier alpha value is -1.26. The molecule has 1 atom stereocenters. The first kappa shape index (κ1) is 14.8. The maximum absolute atomic E-state index is 11.9. The van der Waals surface area contributed by atoms with Crippen molar-refractivity contribution >= 4 is 24.0 Å². The highest BCUT2D eigenvalue weighted by molar-refractivity contribution is 5.85. The molecule has 1 saturated heterocycles. The Morgan fingerprint density at radius 2 is 2.17 bits per heavy atom. The van der Waals surface area contributed by atoms with E-state index >= 15 is 0 Å². The largest absolute Gasteiger partial charge is 0.376 e. The maximum atomic E-state index is 11.9. The van der Waals surface area contributed by atoms with Gasteiger partial charge in [0.05, 0.1) is 19.3 Å². The average molecular weight is 271 g/mol. The summed E-state index contributed by atoms with van der Waals surface area (Å²) in [4.78, 5) is 13.8. The fourth-order valence-electron chi connectivity index (χ4n) is 1.89. The van der Waals surface area contributed by atoms with Gasteiger partial charge in [-0.05, 0) is 19.1 Å². The Kier molecular flexibility index (Phi) is 5.95. The highest BCUT2D eigenvalue weighted by Crippen LogP contribution is 2.07. The van der Waals surface area contributed by atoms with Crippen LogP contribution in [0.25, 0.3) is 0 Å². The number of benzene rings is 1. The SMILES string of the molecule is CC1CN(C(=O)CNc2ccccc2)CCO1.Cl. The monoisotopic (exact) mass is 270 g/mol. The van der Waals surface area contributed by atoms with Crippen LogP contribution in [0.1, 0.15) is 6.92 Å². The molecule has 2 rings (SSSR count). The van der Waals surface area contributed by atoms with Gasteiger partial charge in [-0.1, -0.05) is 18.2 Å². The molecule has 0 aromatic heterocycles.